The van der Waals surface area contributed by atoms with Crippen LogP contribution in [-0.4, -0.2) is 15.0 Å². The van der Waals surface area contributed by atoms with Crippen molar-refractivity contribution >= 4 is 49.5 Å². The first-order valence-corrected chi connectivity index (χ1v) is 14.8. The number of para-hydroxylation sites is 1. The number of rotatable bonds is 4. The SMILES string of the molecule is C1=CC(c2nc(-c3ccccc3)nc(-c3cccc4oc5cc(-c6ccc7oc8ccccc8c7c6)ccc5c34)n2)=CCC1. The Labute approximate surface area is 252 Å². The second-order valence-electron chi connectivity index (χ2n) is 11.1. The van der Waals surface area contributed by atoms with Gasteiger partial charge in [0.2, 0.25) is 0 Å². The fourth-order valence-corrected chi connectivity index (χ4v) is 6.22. The zero-order chi connectivity index (χ0) is 29.0. The van der Waals surface area contributed by atoms with Gasteiger partial charge in [0.05, 0.1) is 0 Å². The molecule has 3 heterocycles. The van der Waals surface area contributed by atoms with Crippen LogP contribution in [0.15, 0.2) is 136 Å². The van der Waals surface area contributed by atoms with Gasteiger partial charge in [-0.1, -0.05) is 91.0 Å². The molecule has 0 bridgehead atoms. The molecule has 1 aliphatic rings. The fraction of sp³-hybridized carbons (Fsp3) is 0.0513. The van der Waals surface area contributed by atoms with Crippen molar-refractivity contribution in [3.63, 3.8) is 0 Å². The maximum atomic E-state index is 6.47. The Morgan fingerprint density at radius 1 is 0.477 bits per heavy atom. The smallest absolute Gasteiger partial charge is 0.164 e. The summed E-state index contributed by atoms with van der Waals surface area (Å²) in [6.45, 7) is 0. The predicted octanol–water partition coefficient (Wildman–Crippen LogP) is 10.4. The van der Waals surface area contributed by atoms with E-state index >= 15 is 0 Å². The summed E-state index contributed by atoms with van der Waals surface area (Å²) in [5.41, 5.74) is 8.47. The summed E-state index contributed by atoms with van der Waals surface area (Å²) in [6, 6.07) is 37.1. The summed E-state index contributed by atoms with van der Waals surface area (Å²) in [7, 11) is 0. The van der Waals surface area contributed by atoms with Gasteiger partial charge >= 0.3 is 0 Å². The molecule has 9 rings (SSSR count). The molecule has 0 aliphatic heterocycles. The van der Waals surface area contributed by atoms with Gasteiger partial charge in [-0.2, -0.15) is 0 Å². The summed E-state index contributed by atoms with van der Waals surface area (Å²) >= 11 is 0. The summed E-state index contributed by atoms with van der Waals surface area (Å²) in [6.07, 6.45) is 8.49. The number of nitrogens with zero attached hydrogens (tertiary/aromatic N) is 3. The molecule has 0 fully saturated rings. The second-order valence-corrected chi connectivity index (χ2v) is 11.1. The van der Waals surface area contributed by atoms with Crippen molar-refractivity contribution in [3.8, 4) is 33.9 Å². The average molecular weight is 568 g/mol. The van der Waals surface area contributed by atoms with Crippen LogP contribution in [0.4, 0.5) is 0 Å². The molecule has 0 N–H and O–H groups in total. The van der Waals surface area contributed by atoms with E-state index in [1.807, 2.05) is 66.7 Å². The van der Waals surface area contributed by atoms with Gasteiger partial charge in [-0.05, 0) is 60.4 Å². The minimum Gasteiger partial charge on any atom is -0.456 e. The highest BCUT2D eigenvalue weighted by Gasteiger charge is 2.19. The molecule has 5 nitrogen and oxygen atoms in total. The summed E-state index contributed by atoms with van der Waals surface area (Å²) in [5, 5.41) is 4.24. The maximum absolute atomic E-state index is 6.47. The van der Waals surface area contributed by atoms with Gasteiger partial charge in [0.15, 0.2) is 17.5 Å². The first-order valence-electron chi connectivity index (χ1n) is 14.8. The van der Waals surface area contributed by atoms with Crippen LogP contribution in [-0.2, 0) is 0 Å². The second kappa shape index (κ2) is 9.89. The lowest BCUT2D eigenvalue weighted by molar-refractivity contribution is 0.669. The summed E-state index contributed by atoms with van der Waals surface area (Å²) in [4.78, 5) is 14.9. The topological polar surface area (TPSA) is 65.0 Å². The molecule has 5 aromatic carbocycles. The lowest BCUT2D eigenvalue weighted by atomic mass is 10.00. The number of fused-ring (bicyclic) bond motifs is 6. The Balaban J connectivity index is 1.21. The third-order valence-corrected chi connectivity index (χ3v) is 8.37. The number of furan rings is 2. The number of hydrogen-bond acceptors (Lipinski definition) is 5. The zero-order valence-corrected chi connectivity index (χ0v) is 23.7. The van der Waals surface area contributed by atoms with Crippen molar-refractivity contribution in [2.45, 2.75) is 12.8 Å². The normalized spacial score (nSPS) is 13.3. The van der Waals surface area contributed by atoms with E-state index < -0.39 is 0 Å². The lowest BCUT2D eigenvalue weighted by Crippen LogP contribution is -2.03. The van der Waals surface area contributed by atoms with Crippen LogP contribution in [0.5, 0.6) is 0 Å². The van der Waals surface area contributed by atoms with E-state index in [0.717, 1.165) is 84.5 Å². The van der Waals surface area contributed by atoms with Gasteiger partial charge < -0.3 is 8.83 Å². The molecule has 3 aromatic heterocycles. The minimum atomic E-state index is 0.628. The molecular weight excluding hydrogens is 542 g/mol. The van der Waals surface area contributed by atoms with Crippen LogP contribution < -0.4 is 0 Å². The third-order valence-electron chi connectivity index (χ3n) is 8.37. The zero-order valence-electron chi connectivity index (χ0n) is 23.7. The molecule has 0 saturated carbocycles. The van der Waals surface area contributed by atoms with E-state index in [2.05, 4.69) is 60.7 Å². The third kappa shape index (κ3) is 4.05. The fourth-order valence-electron chi connectivity index (χ4n) is 6.22. The molecule has 5 heteroatoms. The quantitative estimate of drug-likeness (QED) is 0.212. The first-order chi connectivity index (χ1) is 21.8. The highest BCUT2D eigenvalue weighted by molar-refractivity contribution is 6.13. The van der Waals surface area contributed by atoms with Gasteiger partial charge in [0, 0.05) is 38.2 Å². The number of benzene rings is 5. The molecule has 8 aromatic rings. The van der Waals surface area contributed by atoms with E-state index in [1.54, 1.807) is 0 Å². The van der Waals surface area contributed by atoms with E-state index in [9.17, 15) is 0 Å². The van der Waals surface area contributed by atoms with Crippen LogP contribution >= 0.6 is 0 Å². The molecule has 44 heavy (non-hydrogen) atoms. The molecule has 0 spiro atoms. The highest BCUT2D eigenvalue weighted by Crippen LogP contribution is 2.39. The minimum absolute atomic E-state index is 0.628. The van der Waals surface area contributed by atoms with Gasteiger partial charge in [0.25, 0.3) is 0 Å². The Morgan fingerprint density at radius 3 is 2.14 bits per heavy atom. The van der Waals surface area contributed by atoms with Crippen LogP contribution in [0, 0.1) is 0 Å². The maximum Gasteiger partial charge on any atom is 0.164 e. The van der Waals surface area contributed by atoms with Crippen LogP contribution in [0.1, 0.15) is 18.7 Å². The largest absolute Gasteiger partial charge is 0.456 e. The van der Waals surface area contributed by atoms with Crippen molar-refractivity contribution in [2.75, 3.05) is 0 Å². The average Bonchev–Trinajstić information content (AvgIpc) is 3.66. The first kappa shape index (κ1) is 24.8. The van der Waals surface area contributed by atoms with Crippen molar-refractivity contribution in [3.05, 3.63) is 133 Å². The summed E-state index contributed by atoms with van der Waals surface area (Å²) in [5.74, 6) is 1.96. The molecule has 208 valence electrons. The number of allylic oxidation sites excluding steroid dienone is 4. The molecule has 1 aliphatic carbocycles. The van der Waals surface area contributed by atoms with Gasteiger partial charge in [-0.3, -0.25) is 0 Å². The molecule has 0 atom stereocenters. The standard InChI is InChI=1S/C39H25N3O2/c1-3-10-24(11-4-1)37-40-38(25-12-5-2-6-13-25)42-39(41-37)30-15-9-17-34-36(30)29-20-18-27(23-35(29)44-34)26-19-21-33-31(22-26)28-14-7-8-16-32(28)43-33/h1,3-5,7-23H,2,6H2. The lowest BCUT2D eigenvalue weighted by Gasteiger charge is -2.11. The Kier molecular flexibility index (Phi) is 5.56. The van der Waals surface area contributed by atoms with Crippen molar-refractivity contribution in [1.82, 2.24) is 15.0 Å². The Morgan fingerprint density at radius 2 is 1.23 bits per heavy atom. The van der Waals surface area contributed by atoms with Gasteiger partial charge in [-0.25, -0.2) is 15.0 Å². The van der Waals surface area contributed by atoms with Crippen LogP contribution in [0.25, 0.3) is 83.4 Å². The number of aromatic nitrogens is 3. The predicted molar refractivity (Wildman–Crippen MR) is 177 cm³/mol. The highest BCUT2D eigenvalue weighted by atomic mass is 16.3. The molecule has 0 amide bonds. The molecule has 0 unspecified atom stereocenters. The van der Waals surface area contributed by atoms with Crippen molar-refractivity contribution in [2.24, 2.45) is 0 Å². The Hall–Kier alpha value is -5.81. The Bertz CT molecular complexity index is 2450. The van der Waals surface area contributed by atoms with Crippen LogP contribution in [0.3, 0.4) is 0 Å². The van der Waals surface area contributed by atoms with E-state index in [0.29, 0.717) is 17.5 Å². The number of hydrogen-bond donors (Lipinski definition) is 0. The monoisotopic (exact) mass is 567 g/mol. The molecular formula is C39H25N3O2. The molecule has 0 saturated heterocycles. The van der Waals surface area contributed by atoms with E-state index in [1.165, 1.54) is 0 Å². The van der Waals surface area contributed by atoms with Crippen molar-refractivity contribution in [1.29, 1.82) is 0 Å². The van der Waals surface area contributed by atoms with Gasteiger partial charge in [-0.15, -0.1) is 0 Å². The van der Waals surface area contributed by atoms with Crippen molar-refractivity contribution < 1.29 is 8.83 Å². The summed E-state index contributed by atoms with van der Waals surface area (Å²) < 4.78 is 12.5. The van der Waals surface area contributed by atoms with Crippen LogP contribution in [0.2, 0.25) is 0 Å². The van der Waals surface area contributed by atoms with Gasteiger partial charge in [0.1, 0.15) is 22.3 Å². The molecule has 0 radical (unpaired) electrons. The van der Waals surface area contributed by atoms with E-state index in [4.69, 9.17) is 23.8 Å². The van der Waals surface area contributed by atoms with E-state index in [-0.39, 0.29) is 0 Å².